The first-order valence-electron chi connectivity index (χ1n) is 11.7. The van der Waals surface area contributed by atoms with Crippen molar-refractivity contribution in [3.8, 4) is 11.5 Å². The van der Waals surface area contributed by atoms with E-state index in [1.165, 1.54) is 24.3 Å². The summed E-state index contributed by atoms with van der Waals surface area (Å²) in [6, 6.07) is 17.3. The second kappa shape index (κ2) is 12.4. The zero-order valence-corrected chi connectivity index (χ0v) is 20.8. The monoisotopic (exact) mass is 526 g/mol. The van der Waals surface area contributed by atoms with E-state index in [1.807, 2.05) is 12.2 Å². The van der Waals surface area contributed by atoms with Crippen molar-refractivity contribution in [2.24, 2.45) is 0 Å². The fourth-order valence-corrected chi connectivity index (χ4v) is 4.54. The van der Waals surface area contributed by atoms with Gasteiger partial charge in [-0.1, -0.05) is 36.4 Å². The van der Waals surface area contributed by atoms with Crippen LogP contribution in [0.3, 0.4) is 0 Å². The molecule has 1 amide bonds. The van der Waals surface area contributed by atoms with Crippen molar-refractivity contribution >= 4 is 27.7 Å². The highest BCUT2D eigenvalue weighted by molar-refractivity contribution is 7.92. The molecule has 0 atom stereocenters. The Labute approximate surface area is 215 Å². The van der Waals surface area contributed by atoms with Crippen molar-refractivity contribution in [1.82, 2.24) is 5.32 Å². The molecule has 0 radical (unpaired) electrons. The quantitative estimate of drug-likeness (QED) is 0.364. The molecule has 0 saturated heterocycles. The number of carbonyl (C=O) groups is 1. The van der Waals surface area contributed by atoms with Crippen LogP contribution in [-0.2, 0) is 26.2 Å². The first-order chi connectivity index (χ1) is 17.9. The van der Waals surface area contributed by atoms with E-state index in [-0.39, 0.29) is 29.8 Å². The second-order valence-electron chi connectivity index (χ2n) is 8.19. The molecule has 0 aromatic heterocycles. The molecule has 0 spiro atoms. The van der Waals surface area contributed by atoms with E-state index in [0.29, 0.717) is 43.4 Å². The number of ether oxygens (including phenoxy) is 3. The molecule has 0 bridgehead atoms. The molecule has 1 heterocycles. The Morgan fingerprint density at radius 3 is 2.46 bits per heavy atom. The molecule has 3 aromatic rings. The largest absolute Gasteiger partial charge is 0.486 e. The van der Waals surface area contributed by atoms with E-state index in [4.69, 9.17) is 14.2 Å². The Morgan fingerprint density at radius 1 is 0.973 bits per heavy atom. The first-order valence-corrected chi connectivity index (χ1v) is 13.2. The average Bonchev–Trinajstić information content (AvgIpc) is 2.89. The van der Waals surface area contributed by atoms with Crippen molar-refractivity contribution < 1.29 is 31.8 Å². The number of benzene rings is 3. The third-order valence-corrected chi connectivity index (χ3v) is 6.74. The molecule has 1 aliphatic rings. The Balaban J connectivity index is 1.19. The maximum atomic E-state index is 12.9. The van der Waals surface area contributed by atoms with E-state index in [9.17, 15) is 17.6 Å². The Morgan fingerprint density at radius 2 is 1.70 bits per heavy atom. The smallest absolute Gasteiger partial charge is 0.261 e. The van der Waals surface area contributed by atoms with Crippen molar-refractivity contribution in [3.63, 3.8) is 0 Å². The minimum absolute atomic E-state index is 0.0860. The van der Waals surface area contributed by atoms with Crippen molar-refractivity contribution in [2.45, 2.75) is 17.9 Å². The third kappa shape index (κ3) is 7.80. The lowest BCUT2D eigenvalue weighted by atomic mass is 10.2. The van der Waals surface area contributed by atoms with Gasteiger partial charge in [-0.3, -0.25) is 9.52 Å². The Kier molecular flexibility index (Phi) is 8.76. The maximum Gasteiger partial charge on any atom is 0.261 e. The van der Waals surface area contributed by atoms with Crippen LogP contribution in [0.2, 0.25) is 0 Å². The number of anilines is 1. The molecule has 3 aromatic carbocycles. The van der Waals surface area contributed by atoms with E-state index >= 15 is 0 Å². The number of fused-ring (bicyclic) bond motifs is 1. The molecule has 2 N–H and O–H groups in total. The summed E-state index contributed by atoms with van der Waals surface area (Å²) < 4.78 is 57.2. The van der Waals surface area contributed by atoms with Gasteiger partial charge in [-0.15, -0.1) is 0 Å². The van der Waals surface area contributed by atoms with Gasteiger partial charge in [0.1, 0.15) is 25.6 Å². The third-order valence-electron chi connectivity index (χ3n) is 5.34. The van der Waals surface area contributed by atoms with Crippen molar-refractivity contribution in [3.05, 3.63) is 89.8 Å². The second-order valence-corrected chi connectivity index (χ2v) is 9.88. The molecule has 37 heavy (non-hydrogen) atoms. The minimum atomic E-state index is -3.77. The number of rotatable bonds is 11. The minimum Gasteiger partial charge on any atom is -0.486 e. The SMILES string of the molecule is O=C(COCc1ccc(F)cc1)NCC/C=C/c1ccc(S(=O)(=O)Nc2ccc3c(c2)OCCO3)cc1. The lowest BCUT2D eigenvalue weighted by molar-refractivity contribution is -0.126. The van der Waals surface area contributed by atoms with Gasteiger partial charge in [-0.05, 0) is 53.9 Å². The predicted octanol–water partition coefficient (Wildman–Crippen LogP) is 4.13. The van der Waals surface area contributed by atoms with Crippen LogP contribution in [0.5, 0.6) is 11.5 Å². The summed E-state index contributed by atoms with van der Waals surface area (Å²) in [4.78, 5) is 12.0. The summed E-state index contributed by atoms with van der Waals surface area (Å²) in [5, 5.41) is 2.76. The summed E-state index contributed by atoms with van der Waals surface area (Å²) in [5.74, 6) is 0.525. The maximum absolute atomic E-state index is 12.9. The molecule has 10 heteroatoms. The highest BCUT2D eigenvalue weighted by atomic mass is 32.2. The van der Waals surface area contributed by atoms with Gasteiger partial charge in [-0.2, -0.15) is 0 Å². The number of carbonyl (C=O) groups excluding carboxylic acids is 1. The summed E-state index contributed by atoms with van der Waals surface area (Å²) in [7, 11) is -3.77. The summed E-state index contributed by atoms with van der Waals surface area (Å²) >= 11 is 0. The molecule has 0 fully saturated rings. The van der Waals surface area contributed by atoms with Gasteiger partial charge in [-0.25, -0.2) is 12.8 Å². The van der Waals surface area contributed by atoms with Crippen LogP contribution in [-0.4, -0.2) is 40.7 Å². The van der Waals surface area contributed by atoms with Crippen LogP contribution < -0.4 is 19.5 Å². The van der Waals surface area contributed by atoms with Gasteiger partial charge < -0.3 is 19.5 Å². The number of sulfonamides is 1. The number of nitrogens with one attached hydrogen (secondary N) is 2. The summed E-state index contributed by atoms with van der Waals surface area (Å²) in [6.07, 6.45) is 4.33. The first kappa shape index (κ1) is 26.2. The molecule has 0 unspecified atom stereocenters. The molecular formula is C27H27FN2O6S. The lowest BCUT2D eigenvalue weighted by Crippen LogP contribution is -2.28. The zero-order chi connectivity index (χ0) is 26.1. The zero-order valence-electron chi connectivity index (χ0n) is 20.0. The van der Waals surface area contributed by atoms with E-state index < -0.39 is 10.0 Å². The molecule has 0 aliphatic carbocycles. The summed E-state index contributed by atoms with van der Waals surface area (Å²) in [5.41, 5.74) is 2.00. The van der Waals surface area contributed by atoms with Crippen LogP contribution in [0.1, 0.15) is 17.5 Å². The van der Waals surface area contributed by atoms with Gasteiger partial charge in [0.25, 0.3) is 10.0 Å². The molecule has 194 valence electrons. The molecular weight excluding hydrogens is 499 g/mol. The number of amides is 1. The van der Waals surface area contributed by atoms with E-state index in [1.54, 1.807) is 42.5 Å². The van der Waals surface area contributed by atoms with Crippen LogP contribution in [0.25, 0.3) is 6.08 Å². The standard InChI is InChI=1S/C27H27FN2O6S/c28-22-8-4-21(5-9-22)18-34-19-27(31)29-14-2-1-3-20-6-11-24(12-7-20)37(32,33)30-23-10-13-25-26(17-23)36-16-15-35-25/h1,3-13,17,30H,2,14-16,18-19H2,(H,29,31)/b3-1+. The molecule has 4 rings (SSSR count). The summed E-state index contributed by atoms with van der Waals surface area (Å²) in [6.45, 7) is 1.45. The van der Waals surface area contributed by atoms with E-state index in [0.717, 1.165) is 11.1 Å². The normalized spacial score (nSPS) is 12.9. The van der Waals surface area contributed by atoms with Crippen LogP contribution in [0, 0.1) is 5.82 Å². The highest BCUT2D eigenvalue weighted by Gasteiger charge is 2.17. The van der Waals surface area contributed by atoms with Gasteiger partial charge in [0.05, 0.1) is 17.2 Å². The number of hydrogen-bond donors (Lipinski definition) is 2. The Hall–Kier alpha value is -3.89. The Bertz CT molecular complexity index is 1340. The van der Waals surface area contributed by atoms with Crippen LogP contribution in [0.4, 0.5) is 10.1 Å². The molecule has 0 saturated carbocycles. The van der Waals surface area contributed by atoms with Gasteiger partial charge in [0.15, 0.2) is 11.5 Å². The van der Waals surface area contributed by atoms with Gasteiger partial charge >= 0.3 is 0 Å². The number of halogens is 1. The fraction of sp³-hybridized carbons (Fsp3) is 0.222. The van der Waals surface area contributed by atoms with Crippen LogP contribution in [0.15, 0.2) is 77.7 Å². The van der Waals surface area contributed by atoms with E-state index in [2.05, 4.69) is 10.0 Å². The van der Waals surface area contributed by atoms with Crippen molar-refractivity contribution in [1.29, 1.82) is 0 Å². The topological polar surface area (TPSA) is 103 Å². The predicted molar refractivity (Wildman–Crippen MR) is 137 cm³/mol. The molecule has 8 nitrogen and oxygen atoms in total. The van der Waals surface area contributed by atoms with Gasteiger partial charge in [0.2, 0.25) is 5.91 Å². The average molecular weight is 527 g/mol. The highest BCUT2D eigenvalue weighted by Crippen LogP contribution is 2.33. The van der Waals surface area contributed by atoms with Crippen molar-refractivity contribution in [2.75, 3.05) is 31.1 Å². The van der Waals surface area contributed by atoms with Crippen LogP contribution >= 0.6 is 0 Å². The molecule has 1 aliphatic heterocycles. The number of hydrogen-bond acceptors (Lipinski definition) is 6. The fourth-order valence-electron chi connectivity index (χ4n) is 3.49. The van der Waals surface area contributed by atoms with Gasteiger partial charge in [0, 0.05) is 12.6 Å². The lowest BCUT2D eigenvalue weighted by Gasteiger charge is -2.19.